The number of rotatable bonds is 3. The molecule has 0 atom stereocenters. The van der Waals surface area contributed by atoms with Crippen LogP contribution in [0, 0.1) is 0 Å². The minimum Gasteiger partial charge on any atom is -0.316 e. The highest BCUT2D eigenvalue weighted by Crippen LogP contribution is 2.39. The minimum absolute atomic E-state index is 0.685. The Kier molecular flexibility index (Phi) is 6.05. The zero-order chi connectivity index (χ0) is 28.9. The summed E-state index contributed by atoms with van der Waals surface area (Å²) in [4.78, 5) is 10.5. The van der Waals surface area contributed by atoms with E-state index >= 15 is 0 Å². The van der Waals surface area contributed by atoms with Gasteiger partial charge in [0.15, 0.2) is 0 Å². The zero-order valence-electron chi connectivity index (χ0n) is 23.9. The van der Waals surface area contributed by atoms with Crippen molar-refractivity contribution < 1.29 is 0 Å². The van der Waals surface area contributed by atoms with E-state index in [0.717, 1.165) is 43.7 Å². The molecule has 4 heterocycles. The lowest BCUT2D eigenvalue weighted by atomic mass is 10.0. The van der Waals surface area contributed by atoms with E-state index in [2.05, 4.69) is 142 Å². The summed E-state index contributed by atoms with van der Waals surface area (Å²) < 4.78 is 5.61. The molecule has 0 saturated heterocycles. The van der Waals surface area contributed by atoms with E-state index in [1.54, 1.807) is 11.3 Å². The molecule has 4 aromatic heterocycles. The van der Waals surface area contributed by atoms with Gasteiger partial charge in [0.1, 0.15) is 0 Å². The molecule has 206 valence electrons. The summed E-state index contributed by atoms with van der Waals surface area (Å²) in [7, 11) is 0. The zero-order valence-corrected chi connectivity index (χ0v) is 24.7. The van der Waals surface area contributed by atoms with Crippen molar-refractivity contribution in [3.8, 4) is 22.9 Å². The van der Waals surface area contributed by atoms with Gasteiger partial charge in [-0.3, -0.25) is 4.57 Å². The van der Waals surface area contributed by atoms with Crippen LogP contribution in [0.2, 0.25) is 0 Å². The number of hydrogen-bond donors (Lipinski definition) is 0. The van der Waals surface area contributed by atoms with E-state index in [9.17, 15) is 0 Å². The Morgan fingerprint density at radius 1 is 0.581 bits per heavy atom. The van der Waals surface area contributed by atoms with Crippen molar-refractivity contribution in [3.63, 3.8) is 0 Å². The molecule has 9 aromatic rings. The maximum absolute atomic E-state index is 5.36. The molecule has 9 rings (SSSR count). The van der Waals surface area contributed by atoms with Crippen LogP contribution in [0.3, 0.4) is 0 Å². The van der Waals surface area contributed by atoms with Crippen LogP contribution in [-0.4, -0.2) is 19.1 Å². The molecule has 4 nitrogen and oxygen atoms in total. The van der Waals surface area contributed by atoms with Crippen LogP contribution >= 0.6 is 11.3 Å². The molecule has 0 saturated carbocycles. The molecule has 0 amide bonds. The van der Waals surface area contributed by atoms with Gasteiger partial charge >= 0.3 is 0 Å². The molecule has 0 unspecified atom stereocenters. The summed E-state index contributed by atoms with van der Waals surface area (Å²) in [5, 5.41) is 8.07. The third-order valence-electron chi connectivity index (χ3n) is 8.07. The predicted octanol–water partition coefficient (Wildman–Crippen LogP) is 10.6. The largest absolute Gasteiger partial charge is 0.316 e. The fourth-order valence-corrected chi connectivity index (χ4v) is 7.10. The number of benzene rings is 5. The first-order valence-corrected chi connectivity index (χ1v) is 15.6. The van der Waals surface area contributed by atoms with Gasteiger partial charge in [-0.1, -0.05) is 98.8 Å². The highest BCUT2D eigenvalue weighted by molar-refractivity contribution is 7.17. The fraction of sp³-hybridized carbons (Fsp3) is 0.0526. The van der Waals surface area contributed by atoms with Crippen molar-refractivity contribution >= 4 is 65.0 Å². The van der Waals surface area contributed by atoms with E-state index in [0.29, 0.717) is 5.95 Å². The Labute approximate surface area is 253 Å². The molecule has 0 radical (unpaired) electrons. The lowest BCUT2D eigenvalue weighted by molar-refractivity contribution is 1.02. The van der Waals surface area contributed by atoms with Crippen LogP contribution in [0.4, 0.5) is 0 Å². The van der Waals surface area contributed by atoms with Crippen LogP contribution in [-0.2, 0) is 0 Å². The van der Waals surface area contributed by atoms with Crippen LogP contribution in [0.25, 0.3) is 76.6 Å². The topological polar surface area (TPSA) is 35.6 Å². The van der Waals surface area contributed by atoms with E-state index in [4.69, 9.17) is 9.97 Å². The van der Waals surface area contributed by atoms with Crippen molar-refractivity contribution in [1.29, 1.82) is 0 Å². The molecular formula is C38H28N4S. The SMILES string of the molecule is CC.c1ccc(-n2ccc3c2ccc2c4ccccc4n(-c4nc(-c5cccc6ccccc56)c5sccc5n4)c23)cc1. The fourth-order valence-electron chi connectivity index (χ4n) is 6.26. The Hall–Kier alpha value is -5.26. The molecule has 5 aromatic carbocycles. The Morgan fingerprint density at radius 3 is 2.23 bits per heavy atom. The van der Waals surface area contributed by atoms with Gasteiger partial charge < -0.3 is 4.57 Å². The van der Waals surface area contributed by atoms with Gasteiger partial charge in [-0.05, 0) is 52.6 Å². The van der Waals surface area contributed by atoms with Gasteiger partial charge in [0, 0.05) is 33.6 Å². The standard InChI is InChI=1S/C36H22N4S.C2H6/c1-2-11-24(12-3-1)39-21-19-29-31(39)18-17-28-26-14-6-7-16-32(26)40(34(28)29)36-37-30-20-22-41-35(30)33(38-36)27-15-8-10-23-9-4-5-13-25(23)27;1-2/h1-22H;1-2H3. The van der Waals surface area contributed by atoms with Gasteiger partial charge in [-0.15, -0.1) is 11.3 Å². The van der Waals surface area contributed by atoms with Gasteiger partial charge in [0.2, 0.25) is 5.95 Å². The second-order valence-corrected chi connectivity index (χ2v) is 11.2. The van der Waals surface area contributed by atoms with Gasteiger partial charge in [0.25, 0.3) is 0 Å². The van der Waals surface area contributed by atoms with Crippen LogP contribution in [0.1, 0.15) is 13.8 Å². The Morgan fingerprint density at radius 2 is 1.35 bits per heavy atom. The first-order chi connectivity index (χ1) is 21.3. The number of thiophene rings is 1. The molecule has 43 heavy (non-hydrogen) atoms. The van der Waals surface area contributed by atoms with Crippen molar-refractivity contribution in [2.75, 3.05) is 0 Å². The van der Waals surface area contributed by atoms with Crippen molar-refractivity contribution in [3.05, 3.63) is 133 Å². The van der Waals surface area contributed by atoms with Gasteiger partial charge in [0.05, 0.1) is 32.5 Å². The number of fused-ring (bicyclic) bond motifs is 7. The summed E-state index contributed by atoms with van der Waals surface area (Å²) in [5.41, 5.74) is 7.56. The summed E-state index contributed by atoms with van der Waals surface area (Å²) >= 11 is 1.70. The van der Waals surface area contributed by atoms with E-state index in [-0.39, 0.29) is 0 Å². The Bertz CT molecular complexity index is 2420. The van der Waals surface area contributed by atoms with Crippen LogP contribution in [0.5, 0.6) is 0 Å². The van der Waals surface area contributed by atoms with Crippen molar-refractivity contribution in [1.82, 2.24) is 19.1 Å². The third kappa shape index (κ3) is 3.89. The summed E-state index contributed by atoms with van der Waals surface area (Å²) in [6, 6.07) is 42.8. The molecule has 0 spiro atoms. The van der Waals surface area contributed by atoms with Crippen molar-refractivity contribution in [2.45, 2.75) is 13.8 Å². The molecule has 0 N–H and O–H groups in total. The number of aromatic nitrogens is 4. The minimum atomic E-state index is 0.685. The highest BCUT2D eigenvalue weighted by Gasteiger charge is 2.21. The third-order valence-corrected chi connectivity index (χ3v) is 8.98. The normalized spacial score (nSPS) is 11.5. The number of hydrogen-bond acceptors (Lipinski definition) is 3. The molecule has 0 bridgehead atoms. The quantitative estimate of drug-likeness (QED) is 0.211. The van der Waals surface area contributed by atoms with Crippen molar-refractivity contribution in [2.24, 2.45) is 0 Å². The van der Waals surface area contributed by atoms with E-state index < -0.39 is 0 Å². The molecule has 5 heteroatoms. The molecule has 0 aliphatic rings. The molecule has 0 aliphatic heterocycles. The first kappa shape index (κ1) is 25.5. The van der Waals surface area contributed by atoms with E-state index in [1.165, 1.54) is 26.9 Å². The van der Waals surface area contributed by atoms with Gasteiger partial charge in [-0.25, -0.2) is 9.97 Å². The maximum atomic E-state index is 5.36. The molecule has 0 aliphatic carbocycles. The van der Waals surface area contributed by atoms with Gasteiger partial charge in [-0.2, -0.15) is 0 Å². The number of para-hydroxylation sites is 2. The highest BCUT2D eigenvalue weighted by atomic mass is 32.1. The second-order valence-electron chi connectivity index (χ2n) is 10.3. The average molecular weight is 573 g/mol. The summed E-state index contributed by atoms with van der Waals surface area (Å²) in [6.07, 6.45) is 2.16. The first-order valence-electron chi connectivity index (χ1n) is 14.7. The smallest absolute Gasteiger partial charge is 0.235 e. The maximum Gasteiger partial charge on any atom is 0.235 e. The van der Waals surface area contributed by atoms with E-state index in [1.807, 2.05) is 13.8 Å². The van der Waals surface area contributed by atoms with Crippen LogP contribution in [0.15, 0.2) is 133 Å². The van der Waals surface area contributed by atoms with Crippen LogP contribution < -0.4 is 0 Å². The summed E-state index contributed by atoms with van der Waals surface area (Å²) in [5.74, 6) is 0.685. The average Bonchev–Trinajstić information content (AvgIpc) is 3.81. The lowest BCUT2D eigenvalue weighted by Gasteiger charge is -2.12. The number of nitrogens with zero attached hydrogens (tertiary/aromatic N) is 4. The molecule has 0 fully saturated rings. The summed E-state index contributed by atoms with van der Waals surface area (Å²) in [6.45, 7) is 4.00. The second kappa shape index (κ2) is 10.2. The lowest BCUT2D eigenvalue weighted by Crippen LogP contribution is -2.03. The monoisotopic (exact) mass is 572 g/mol. The predicted molar refractivity (Wildman–Crippen MR) is 183 cm³/mol. The Balaban J connectivity index is 0.00000136. The molecular weight excluding hydrogens is 545 g/mol.